The van der Waals surface area contributed by atoms with E-state index in [1.165, 1.54) is 0 Å². The fraction of sp³-hybridized carbons (Fsp3) is 0.533. The Morgan fingerprint density at radius 3 is 2.78 bits per heavy atom. The van der Waals surface area contributed by atoms with Crippen LogP contribution in [0.5, 0.6) is 0 Å². The number of nitrogens with one attached hydrogen (secondary N) is 1. The monoisotopic (exact) mass is 332 g/mol. The maximum absolute atomic E-state index is 5.92. The maximum atomic E-state index is 5.92. The minimum atomic E-state index is -0.187. The Morgan fingerprint density at radius 2 is 2.09 bits per heavy atom. The Labute approximate surface area is 138 Å². The molecule has 0 radical (unpaired) electrons. The molecule has 2 aromatic rings. The van der Waals surface area contributed by atoms with Gasteiger partial charge in [0, 0.05) is 31.6 Å². The van der Waals surface area contributed by atoms with Gasteiger partial charge in [-0.3, -0.25) is 0 Å². The van der Waals surface area contributed by atoms with E-state index in [-0.39, 0.29) is 5.54 Å². The van der Waals surface area contributed by atoms with Crippen LogP contribution in [0.1, 0.15) is 19.4 Å². The van der Waals surface area contributed by atoms with E-state index in [0.29, 0.717) is 18.5 Å². The highest BCUT2D eigenvalue weighted by molar-refractivity contribution is 7.17. The van der Waals surface area contributed by atoms with Crippen molar-refractivity contribution in [3.05, 3.63) is 10.9 Å². The summed E-state index contributed by atoms with van der Waals surface area (Å²) in [5.41, 5.74) is 6.71. The van der Waals surface area contributed by atoms with Crippen LogP contribution in [0.3, 0.4) is 0 Å². The molecule has 1 fully saturated rings. The third kappa shape index (κ3) is 2.61. The lowest BCUT2D eigenvalue weighted by atomic mass is 10.1. The highest BCUT2D eigenvalue weighted by Crippen LogP contribution is 2.35. The molecule has 7 nitrogen and oxygen atoms in total. The number of nitrogens with two attached hydrogens (primary N) is 1. The molecule has 122 valence electrons. The summed E-state index contributed by atoms with van der Waals surface area (Å²) in [6, 6.07) is 0. The minimum Gasteiger partial charge on any atom is -0.475 e. The first kappa shape index (κ1) is 14.6. The number of hydrogen-bond donors (Lipinski definition) is 2. The fourth-order valence-corrected chi connectivity index (χ4v) is 3.84. The zero-order valence-electron chi connectivity index (χ0n) is 13.3. The van der Waals surface area contributed by atoms with Crippen LogP contribution in [-0.4, -0.2) is 54.2 Å². The van der Waals surface area contributed by atoms with Gasteiger partial charge in [-0.15, -0.1) is 11.3 Å². The Hall–Kier alpha value is -1.93. The van der Waals surface area contributed by atoms with Crippen molar-refractivity contribution in [3.8, 4) is 0 Å². The zero-order valence-corrected chi connectivity index (χ0v) is 14.1. The van der Waals surface area contributed by atoms with Gasteiger partial charge in [-0.1, -0.05) is 0 Å². The number of aromatic nitrogens is 2. The first-order valence-corrected chi connectivity index (χ1v) is 8.65. The number of aliphatic imine (C=N–C) groups is 1. The molecule has 0 unspecified atom stereocenters. The molecule has 1 saturated heterocycles. The van der Waals surface area contributed by atoms with Crippen LogP contribution < -0.4 is 16.0 Å². The van der Waals surface area contributed by atoms with Crippen LogP contribution in [0.4, 0.5) is 11.8 Å². The van der Waals surface area contributed by atoms with Crippen molar-refractivity contribution in [2.24, 2.45) is 4.99 Å². The van der Waals surface area contributed by atoms with Gasteiger partial charge in [-0.05, 0) is 13.8 Å². The summed E-state index contributed by atoms with van der Waals surface area (Å²) < 4.78 is 5.83. The van der Waals surface area contributed by atoms with E-state index in [4.69, 9.17) is 15.5 Å². The third-order valence-electron chi connectivity index (χ3n) is 4.05. The second kappa shape index (κ2) is 5.31. The number of ether oxygens (including phenoxy) is 1. The first-order chi connectivity index (χ1) is 11.0. The van der Waals surface area contributed by atoms with Crippen molar-refractivity contribution in [1.29, 1.82) is 0 Å². The van der Waals surface area contributed by atoms with Crippen LogP contribution in [0.15, 0.2) is 10.4 Å². The van der Waals surface area contributed by atoms with E-state index in [1.807, 2.05) is 5.38 Å². The Bertz CT molecular complexity index is 778. The number of thiophene rings is 1. The van der Waals surface area contributed by atoms with E-state index < -0.39 is 0 Å². The molecule has 2 aromatic heterocycles. The molecule has 4 heterocycles. The number of anilines is 2. The minimum absolute atomic E-state index is 0.187. The third-order valence-corrected chi connectivity index (χ3v) is 4.92. The van der Waals surface area contributed by atoms with Crippen LogP contribution >= 0.6 is 11.3 Å². The molecule has 0 amide bonds. The number of nitrogen functional groups attached to an aromatic ring is 1. The van der Waals surface area contributed by atoms with Crippen LogP contribution in [0, 0.1) is 0 Å². The molecule has 0 bridgehead atoms. The molecular formula is C15H20N6OS. The zero-order chi connectivity index (χ0) is 16.0. The summed E-state index contributed by atoms with van der Waals surface area (Å²) in [5, 5.41) is 6.41. The van der Waals surface area contributed by atoms with Crippen molar-refractivity contribution in [1.82, 2.24) is 15.3 Å². The predicted octanol–water partition coefficient (Wildman–Crippen LogP) is 1.24. The van der Waals surface area contributed by atoms with Crippen molar-refractivity contribution < 1.29 is 4.74 Å². The number of piperazine rings is 1. The normalized spacial score (nSPS) is 20.6. The summed E-state index contributed by atoms with van der Waals surface area (Å²) in [7, 11) is 0. The second-order valence-corrected chi connectivity index (χ2v) is 7.35. The standard InChI is InChI=1S/C15H20N6OS/c1-15(2)8-22-12(20-15)9-7-23-13-10(9)11(18-14(16)19-13)21-5-3-17-4-6-21/h7,17H,3-6,8H2,1-2H3,(H2,16,18,19). The molecule has 3 N–H and O–H groups in total. The summed E-state index contributed by atoms with van der Waals surface area (Å²) in [6.07, 6.45) is 0. The largest absolute Gasteiger partial charge is 0.475 e. The quantitative estimate of drug-likeness (QED) is 0.860. The van der Waals surface area contributed by atoms with Crippen molar-refractivity contribution in [3.63, 3.8) is 0 Å². The Balaban J connectivity index is 1.87. The fourth-order valence-electron chi connectivity index (χ4n) is 2.92. The van der Waals surface area contributed by atoms with Crippen LogP contribution in [-0.2, 0) is 4.74 Å². The number of nitrogens with zero attached hydrogens (tertiary/aromatic N) is 4. The van der Waals surface area contributed by atoms with E-state index in [9.17, 15) is 0 Å². The van der Waals surface area contributed by atoms with Crippen molar-refractivity contribution in [2.45, 2.75) is 19.4 Å². The average Bonchev–Trinajstić information content (AvgIpc) is 3.10. The molecule has 0 aromatic carbocycles. The van der Waals surface area contributed by atoms with Crippen molar-refractivity contribution in [2.75, 3.05) is 43.4 Å². The van der Waals surface area contributed by atoms with E-state index in [2.05, 4.69) is 34.0 Å². The van der Waals surface area contributed by atoms with Gasteiger partial charge in [-0.25, -0.2) is 9.98 Å². The van der Waals surface area contributed by atoms with E-state index in [0.717, 1.165) is 47.8 Å². The lowest BCUT2D eigenvalue weighted by Gasteiger charge is -2.29. The lowest BCUT2D eigenvalue weighted by Crippen LogP contribution is -2.44. The summed E-state index contributed by atoms with van der Waals surface area (Å²) in [6.45, 7) is 8.42. The highest BCUT2D eigenvalue weighted by Gasteiger charge is 2.30. The van der Waals surface area contributed by atoms with Gasteiger partial charge >= 0.3 is 0 Å². The van der Waals surface area contributed by atoms with Crippen molar-refractivity contribution >= 4 is 39.2 Å². The molecule has 23 heavy (non-hydrogen) atoms. The molecule has 8 heteroatoms. The molecule has 2 aliphatic heterocycles. The van der Waals surface area contributed by atoms with Gasteiger partial charge in [-0.2, -0.15) is 4.98 Å². The van der Waals surface area contributed by atoms with Gasteiger partial charge in [0.1, 0.15) is 17.3 Å². The Morgan fingerprint density at radius 1 is 1.30 bits per heavy atom. The van der Waals surface area contributed by atoms with E-state index >= 15 is 0 Å². The summed E-state index contributed by atoms with van der Waals surface area (Å²) in [5.74, 6) is 1.89. The van der Waals surface area contributed by atoms with Gasteiger partial charge in [0.15, 0.2) is 0 Å². The first-order valence-electron chi connectivity index (χ1n) is 7.77. The molecule has 0 spiro atoms. The number of rotatable bonds is 2. The lowest BCUT2D eigenvalue weighted by molar-refractivity contribution is 0.279. The number of hydrogen-bond acceptors (Lipinski definition) is 8. The summed E-state index contributed by atoms with van der Waals surface area (Å²) in [4.78, 5) is 16.8. The Kier molecular flexibility index (Phi) is 3.38. The predicted molar refractivity (Wildman–Crippen MR) is 93.5 cm³/mol. The smallest absolute Gasteiger partial charge is 0.223 e. The second-order valence-electron chi connectivity index (χ2n) is 6.49. The molecule has 0 aliphatic carbocycles. The van der Waals surface area contributed by atoms with E-state index in [1.54, 1.807) is 11.3 Å². The van der Waals surface area contributed by atoms with Gasteiger partial charge in [0.2, 0.25) is 11.8 Å². The number of fused-ring (bicyclic) bond motifs is 1. The molecule has 4 rings (SSSR count). The SMILES string of the molecule is CC1(C)COC(c2csc3nc(N)nc(N4CCNCC4)c23)=N1. The van der Waals surface area contributed by atoms with Gasteiger partial charge in [0.05, 0.1) is 16.5 Å². The molecular weight excluding hydrogens is 312 g/mol. The topological polar surface area (TPSA) is 88.7 Å². The summed E-state index contributed by atoms with van der Waals surface area (Å²) >= 11 is 1.56. The maximum Gasteiger partial charge on any atom is 0.223 e. The average molecular weight is 332 g/mol. The van der Waals surface area contributed by atoms with Crippen LogP contribution in [0.2, 0.25) is 0 Å². The van der Waals surface area contributed by atoms with Gasteiger partial charge < -0.3 is 20.7 Å². The highest BCUT2D eigenvalue weighted by atomic mass is 32.1. The molecule has 2 aliphatic rings. The molecule has 0 atom stereocenters. The van der Waals surface area contributed by atoms with Gasteiger partial charge in [0.25, 0.3) is 0 Å². The van der Waals surface area contributed by atoms with Crippen LogP contribution in [0.25, 0.3) is 10.2 Å². The molecule has 0 saturated carbocycles.